The van der Waals surface area contributed by atoms with Crippen molar-refractivity contribution in [2.75, 3.05) is 37.9 Å². The molecule has 0 fully saturated rings. The van der Waals surface area contributed by atoms with Crippen LogP contribution < -0.4 is 26.7 Å². The van der Waals surface area contributed by atoms with Crippen molar-refractivity contribution in [2.45, 2.75) is 32.3 Å². The van der Waals surface area contributed by atoms with Gasteiger partial charge in [0.25, 0.3) is 11.8 Å². The highest BCUT2D eigenvalue weighted by molar-refractivity contribution is 6.08. The number of hydrogen-bond donors (Lipinski definition) is 6. The van der Waals surface area contributed by atoms with E-state index in [0.717, 1.165) is 45.3 Å². The Bertz CT molecular complexity index is 2880. The number of pyridine rings is 2. The van der Waals surface area contributed by atoms with Gasteiger partial charge in [-0.1, -0.05) is 42.2 Å². The number of carbonyl (C=O) groups excluding carboxylic acids is 2. The fourth-order valence-electron chi connectivity index (χ4n) is 7.36. The summed E-state index contributed by atoms with van der Waals surface area (Å²) in [5.41, 5.74) is 13.5. The predicted octanol–water partition coefficient (Wildman–Crippen LogP) is 7.58. The van der Waals surface area contributed by atoms with Gasteiger partial charge in [0.05, 0.1) is 35.5 Å². The van der Waals surface area contributed by atoms with Crippen LogP contribution in [0.1, 0.15) is 67.5 Å². The number of ether oxygens (including phenoxy) is 1. The summed E-state index contributed by atoms with van der Waals surface area (Å²) < 4.78 is 5.39. The summed E-state index contributed by atoms with van der Waals surface area (Å²) in [6, 6.07) is 32.5. The fourth-order valence-corrected chi connectivity index (χ4v) is 7.36. The molecule has 0 bridgehead atoms. The highest BCUT2D eigenvalue weighted by Gasteiger charge is 2.18. The zero-order valence-corrected chi connectivity index (χ0v) is 34.1. The minimum absolute atomic E-state index is 0.0426. The number of fused-ring (bicyclic) bond motifs is 2. The van der Waals surface area contributed by atoms with Crippen LogP contribution in [-0.2, 0) is 6.42 Å². The molecular weight excluding hydrogens is 769 g/mol. The van der Waals surface area contributed by atoms with E-state index in [-0.39, 0.29) is 22.8 Å². The van der Waals surface area contributed by atoms with Crippen LogP contribution in [0, 0.1) is 18.8 Å². The number of phenolic OH excluding ortho intramolecular Hbond substituents is 1. The van der Waals surface area contributed by atoms with Crippen molar-refractivity contribution in [3.05, 3.63) is 165 Å². The maximum Gasteiger partial charge on any atom is 0.255 e. The Morgan fingerprint density at radius 3 is 2.52 bits per heavy atom. The van der Waals surface area contributed by atoms with E-state index in [1.165, 1.54) is 18.3 Å². The summed E-state index contributed by atoms with van der Waals surface area (Å²) in [4.78, 5) is 46.9. The number of aromatic nitrogens is 2. The number of methoxy groups -OCH3 is 1. The number of aliphatic hydroxyl groups excluding tert-OH is 1. The van der Waals surface area contributed by atoms with E-state index in [9.17, 15) is 24.6 Å². The molecule has 308 valence electrons. The molecule has 0 spiro atoms. The third kappa shape index (κ3) is 10.1. The second-order valence-corrected chi connectivity index (χ2v) is 15.0. The van der Waals surface area contributed by atoms with E-state index < -0.39 is 12.0 Å². The molecule has 0 radical (unpaired) electrons. The van der Waals surface area contributed by atoms with Gasteiger partial charge in [0.2, 0.25) is 5.56 Å². The number of phenols is 1. The zero-order valence-electron chi connectivity index (χ0n) is 34.1. The van der Waals surface area contributed by atoms with Crippen LogP contribution in [-0.4, -0.2) is 64.1 Å². The Morgan fingerprint density at radius 1 is 0.934 bits per heavy atom. The Morgan fingerprint density at radius 2 is 1.74 bits per heavy atom. The molecule has 0 saturated carbocycles. The number of aromatic hydroxyl groups is 1. The average Bonchev–Trinajstić information content (AvgIpc) is 3.24. The number of aliphatic hydroxyl groups is 1. The predicted molar refractivity (Wildman–Crippen MR) is 240 cm³/mol. The molecular formula is C49H46N6O6. The molecule has 1 atom stereocenters. The van der Waals surface area contributed by atoms with Crippen LogP contribution in [0.15, 0.2) is 120 Å². The van der Waals surface area contributed by atoms with Gasteiger partial charge >= 0.3 is 0 Å². The second-order valence-electron chi connectivity index (χ2n) is 15.0. The third-order valence-electron chi connectivity index (χ3n) is 10.4. The Kier molecular flexibility index (Phi) is 12.7. The molecule has 7 aromatic rings. The van der Waals surface area contributed by atoms with E-state index in [1.54, 1.807) is 25.3 Å². The first-order chi connectivity index (χ1) is 29.4. The molecule has 12 nitrogen and oxygen atoms in total. The average molecular weight is 815 g/mol. The van der Waals surface area contributed by atoms with Gasteiger partial charge < -0.3 is 41.2 Å². The van der Waals surface area contributed by atoms with E-state index in [4.69, 9.17) is 10.5 Å². The van der Waals surface area contributed by atoms with Crippen molar-refractivity contribution in [2.24, 2.45) is 5.73 Å². The number of anilines is 3. The summed E-state index contributed by atoms with van der Waals surface area (Å²) in [6.45, 7) is 3.06. The first-order valence-corrected chi connectivity index (χ1v) is 19.8. The standard InChI is InChI=1S/C49H46N6O6/c1-30-23-33(26-40-45(30)51-28-41(48(50)59)46(40)52-36-12-8-13-37(27-36)61-3)24-32-10-7-11-34(25-32)49(60)53-35-16-14-31(15-17-35)9-5-4-6-22-55(2)29-43(57)38-18-20-42(56)47-39(38)19-21-44(58)54-47/h7-8,10-21,23,25-28,43,56-57H,4,6,22,24,29H2,1-3H3,(H2,50,59)(H,51,52)(H,53,60)(H,54,58)/t43-/m0/s1. The van der Waals surface area contributed by atoms with Crippen molar-refractivity contribution >= 4 is 50.7 Å². The lowest BCUT2D eigenvalue weighted by molar-refractivity contribution is 0.0998. The molecule has 2 amide bonds. The number of nitrogens with zero attached hydrogens (tertiary/aromatic N) is 2. The number of aryl methyl sites for hydroxylation is 1. The van der Waals surface area contributed by atoms with Gasteiger partial charge in [-0.3, -0.25) is 19.4 Å². The summed E-state index contributed by atoms with van der Waals surface area (Å²) in [6.07, 6.45) is 2.67. The fraction of sp³-hybridized carbons (Fsp3) is 0.184. The number of unbranched alkanes of at least 4 members (excludes halogenated alkanes) is 1. The van der Waals surface area contributed by atoms with Crippen molar-refractivity contribution in [3.63, 3.8) is 0 Å². The number of primary amides is 1. The number of nitrogens with one attached hydrogen (secondary N) is 3. The molecule has 5 aromatic carbocycles. The molecule has 2 heterocycles. The SMILES string of the molecule is COc1cccc(Nc2c(C(N)=O)cnc3c(C)cc(Cc4cccc(C(=O)Nc5ccc(C#CCCCN(C)C[C@H](O)c6ccc(O)c7[nH]c(=O)ccc67)cc5)c4)cc23)c1. The topological polar surface area (TPSA) is 183 Å². The number of amides is 2. The van der Waals surface area contributed by atoms with Gasteiger partial charge in [-0.2, -0.15) is 0 Å². The van der Waals surface area contributed by atoms with Gasteiger partial charge in [-0.15, -0.1) is 0 Å². The van der Waals surface area contributed by atoms with Crippen LogP contribution in [0.25, 0.3) is 21.8 Å². The number of aromatic amines is 1. The third-order valence-corrected chi connectivity index (χ3v) is 10.4. The maximum absolute atomic E-state index is 13.4. The highest BCUT2D eigenvalue weighted by Crippen LogP contribution is 2.33. The van der Waals surface area contributed by atoms with Crippen LogP contribution in [0.5, 0.6) is 11.5 Å². The first-order valence-electron chi connectivity index (χ1n) is 19.8. The van der Waals surface area contributed by atoms with E-state index in [1.807, 2.05) is 91.7 Å². The van der Waals surface area contributed by atoms with Crippen molar-refractivity contribution in [1.29, 1.82) is 0 Å². The lowest BCUT2D eigenvalue weighted by Gasteiger charge is -2.21. The number of carbonyl (C=O) groups is 2. The van der Waals surface area contributed by atoms with Gasteiger partial charge in [-0.25, -0.2) is 0 Å². The quantitative estimate of drug-likeness (QED) is 0.0476. The van der Waals surface area contributed by atoms with Crippen LogP contribution in [0.4, 0.5) is 17.1 Å². The molecule has 0 aliphatic heterocycles. The molecule has 0 unspecified atom stereocenters. The molecule has 0 aliphatic carbocycles. The second kappa shape index (κ2) is 18.6. The number of H-pyrrole nitrogens is 1. The Labute approximate surface area is 353 Å². The Balaban J connectivity index is 0.945. The van der Waals surface area contributed by atoms with Crippen LogP contribution >= 0.6 is 0 Å². The number of rotatable bonds is 14. The first kappa shape index (κ1) is 41.7. The Hall–Kier alpha value is -7.46. The summed E-state index contributed by atoms with van der Waals surface area (Å²) in [5, 5.41) is 28.8. The van der Waals surface area contributed by atoms with E-state index in [0.29, 0.717) is 65.1 Å². The van der Waals surface area contributed by atoms with Gasteiger partial charge in [0.15, 0.2) is 0 Å². The molecule has 7 N–H and O–H groups in total. The zero-order chi connectivity index (χ0) is 43.0. The highest BCUT2D eigenvalue weighted by atomic mass is 16.5. The minimum atomic E-state index is -0.810. The number of benzene rings is 5. The summed E-state index contributed by atoms with van der Waals surface area (Å²) >= 11 is 0. The lowest BCUT2D eigenvalue weighted by atomic mass is 9.97. The van der Waals surface area contributed by atoms with Crippen LogP contribution in [0.3, 0.4) is 0 Å². The van der Waals surface area contributed by atoms with E-state index >= 15 is 0 Å². The molecule has 0 saturated heterocycles. The van der Waals surface area contributed by atoms with Gasteiger partial charge in [-0.05, 0) is 122 Å². The smallest absolute Gasteiger partial charge is 0.255 e. The molecule has 61 heavy (non-hydrogen) atoms. The molecule has 0 aliphatic rings. The summed E-state index contributed by atoms with van der Waals surface area (Å²) in [5.74, 6) is 6.18. The van der Waals surface area contributed by atoms with Crippen molar-refractivity contribution < 1.29 is 24.5 Å². The van der Waals surface area contributed by atoms with Gasteiger partial charge in [0.1, 0.15) is 11.5 Å². The number of nitrogens with two attached hydrogens (primary N) is 1. The summed E-state index contributed by atoms with van der Waals surface area (Å²) in [7, 11) is 3.52. The van der Waals surface area contributed by atoms with Crippen molar-refractivity contribution in [3.8, 4) is 23.3 Å². The van der Waals surface area contributed by atoms with Crippen molar-refractivity contribution in [1.82, 2.24) is 14.9 Å². The van der Waals surface area contributed by atoms with E-state index in [2.05, 4.69) is 38.5 Å². The lowest BCUT2D eigenvalue weighted by Crippen LogP contribution is -2.25. The normalized spacial score (nSPS) is 11.6. The number of hydrogen-bond acceptors (Lipinski definition) is 9. The largest absolute Gasteiger partial charge is 0.506 e. The maximum atomic E-state index is 13.4. The van der Waals surface area contributed by atoms with Crippen LogP contribution in [0.2, 0.25) is 0 Å². The number of likely N-dealkylation sites (N-methyl/N-ethyl adjacent to an activating group) is 1. The molecule has 7 rings (SSSR count). The minimum Gasteiger partial charge on any atom is -0.506 e. The monoisotopic (exact) mass is 814 g/mol. The molecule has 2 aromatic heterocycles. The molecule has 12 heteroatoms. The van der Waals surface area contributed by atoms with Gasteiger partial charge in [0, 0.05) is 64.6 Å².